The van der Waals surface area contributed by atoms with Crippen LogP contribution in [0.25, 0.3) is 0 Å². The van der Waals surface area contributed by atoms with Gasteiger partial charge in [0, 0.05) is 13.1 Å². The number of carbonyl (C=O) groups excluding carboxylic acids is 1. The number of nitrogens with two attached hydrogens (primary N) is 1. The Balaban J connectivity index is 0.00000225. The molecule has 1 saturated carbocycles. The number of hydrogen-bond donors (Lipinski definition) is 1. The highest BCUT2D eigenvalue weighted by molar-refractivity contribution is 6.42. The van der Waals surface area contributed by atoms with E-state index >= 15 is 0 Å². The molecule has 1 aliphatic carbocycles. The van der Waals surface area contributed by atoms with E-state index in [1.807, 2.05) is 17.0 Å². The highest BCUT2D eigenvalue weighted by Gasteiger charge is 2.40. The zero-order valence-corrected chi connectivity index (χ0v) is 16.5. The lowest BCUT2D eigenvalue weighted by atomic mass is 9.95. The maximum absolute atomic E-state index is 12.6. The van der Waals surface area contributed by atoms with Gasteiger partial charge in [-0.05, 0) is 43.4 Å². The van der Waals surface area contributed by atoms with Crippen LogP contribution in [-0.4, -0.2) is 35.5 Å². The van der Waals surface area contributed by atoms with Crippen molar-refractivity contribution in [3.05, 3.63) is 33.8 Å². The number of halogens is 3. The van der Waals surface area contributed by atoms with Gasteiger partial charge >= 0.3 is 0 Å². The smallest absolute Gasteiger partial charge is 0.242 e. The third-order valence-electron chi connectivity index (χ3n) is 5.12. The molecular weight excluding hydrogens is 383 g/mol. The first-order chi connectivity index (χ1) is 11.5. The molecule has 140 valence electrons. The molecule has 0 atom stereocenters. The van der Waals surface area contributed by atoms with Gasteiger partial charge in [0.2, 0.25) is 5.91 Å². The Morgan fingerprint density at radius 1 is 1.20 bits per heavy atom. The van der Waals surface area contributed by atoms with Crippen LogP contribution in [0.3, 0.4) is 0 Å². The molecule has 1 aliphatic heterocycles. The maximum Gasteiger partial charge on any atom is 0.242 e. The van der Waals surface area contributed by atoms with Crippen molar-refractivity contribution in [1.29, 1.82) is 0 Å². The molecule has 0 radical (unpaired) electrons. The van der Waals surface area contributed by atoms with E-state index in [-0.39, 0.29) is 24.4 Å². The highest BCUT2D eigenvalue weighted by Crippen LogP contribution is 2.30. The van der Waals surface area contributed by atoms with Gasteiger partial charge in [0.1, 0.15) is 0 Å². The first kappa shape index (κ1) is 20.8. The molecule has 7 heteroatoms. The fraction of sp³-hybridized carbons (Fsp3) is 0.611. The van der Waals surface area contributed by atoms with Crippen molar-refractivity contribution < 1.29 is 9.53 Å². The minimum atomic E-state index is -0.617. The largest absolute Gasteiger partial charge is 0.373 e. The lowest BCUT2D eigenvalue weighted by Gasteiger charge is -2.36. The summed E-state index contributed by atoms with van der Waals surface area (Å²) in [4.78, 5) is 14.5. The summed E-state index contributed by atoms with van der Waals surface area (Å²) in [5.41, 5.74) is 6.68. The van der Waals surface area contributed by atoms with Crippen LogP contribution < -0.4 is 5.73 Å². The van der Waals surface area contributed by atoms with Crippen molar-refractivity contribution >= 4 is 41.5 Å². The van der Waals surface area contributed by atoms with Crippen LogP contribution in [0.4, 0.5) is 0 Å². The second kappa shape index (κ2) is 8.92. The van der Waals surface area contributed by atoms with Crippen LogP contribution in [0.15, 0.2) is 18.2 Å². The van der Waals surface area contributed by atoms with Crippen LogP contribution in [0.2, 0.25) is 10.0 Å². The van der Waals surface area contributed by atoms with E-state index in [0.717, 1.165) is 57.2 Å². The number of carbonyl (C=O) groups is 1. The summed E-state index contributed by atoms with van der Waals surface area (Å²) < 4.78 is 5.97. The molecule has 1 aromatic carbocycles. The molecule has 2 aliphatic rings. The zero-order chi connectivity index (χ0) is 17.2. The summed E-state index contributed by atoms with van der Waals surface area (Å²) in [5.74, 6) is 0.128. The molecule has 2 N–H and O–H groups in total. The number of benzene rings is 1. The van der Waals surface area contributed by atoms with E-state index in [1.165, 1.54) is 0 Å². The van der Waals surface area contributed by atoms with Gasteiger partial charge in [-0.15, -0.1) is 12.4 Å². The number of ether oxygens (including phenoxy) is 1. The summed E-state index contributed by atoms with van der Waals surface area (Å²) in [6, 6.07) is 5.54. The van der Waals surface area contributed by atoms with Gasteiger partial charge < -0.3 is 15.4 Å². The number of nitrogens with zero attached hydrogens (tertiary/aromatic N) is 1. The van der Waals surface area contributed by atoms with Crippen molar-refractivity contribution in [2.45, 2.75) is 56.8 Å². The molecule has 1 saturated heterocycles. The molecule has 25 heavy (non-hydrogen) atoms. The normalized spacial score (nSPS) is 20.4. The van der Waals surface area contributed by atoms with Crippen molar-refractivity contribution in [3.63, 3.8) is 0 Å². The molecule has 0 unspecified atom stereocenters. The topological polar surface area (TPSA) is 55.6 Å². The first-order valence-electron chi connectivity index (χ1n) is 8.62. The van der Waals surface area contributed by atoms with E-state index in [1.54, 1.807) is 6.07 Å². The number of rotatable bonds is 4. The SMILES string of the molecule is Cl.NC1(C(=O)N2CCC(OCc3ccc(Cl)c(Cl)c3)CC2)CCCC1. The molecule has 1 amide bonds. The van der Waals surface area contributed by atoms with Gasteiger partial charge in [-0.1, -0.05) is 42.1 Å². The molecular formula is C18H25Cl3N2O2. The summed E-state index contributed by atoms with van der Waals surface area (Å²) >= 11 is 11.9. The Labute approximate surface area is 165 Å². The van der Waals surface area contributed by atoms with E-state index in [4.69, 9.17) is 33.7 Å². The first-order valence-corrected chi connectivity index (χ1v) is 9.37. The monoisotopic (exact) mass is 406 g/mol. The predicted octanol–water partition coefficient (Wildman–Crippen LogP) is 4.19. The van der Waals surface area contributed by atoms with Crippen molar-refractivity contribution in [1.82, 2.24) is 4.90 Å². The third-order valence-corrected chi connectivity index (χ3v) is 5.86. The molecule has 0 aromatic heterocycles. The Morgan fingerprint density at radius 3 is 2.44 bits per heavy atom. The molecule has 4 nitrogen and oxygen atoms in total. The average Bonchev–Trinajstić information content (AvgIpc) is 3.04. The minimum absolute atomic E-state index is 0. The lowest BCUT2D eigenvalue weighted by molar-refractivity contribution is -0.139. The lowest BCUT2D eigenvalue weighted by Crippen LogP contribution is -2.55. The molecule has 0 bridgehead atoms. The number of hydrogen-bond acceptors (Lipinski definition) is 3. The Morgan fingerprint density at radius 2 is 1.84 bits per heavy atom. The quantitative estimate of drug-likeness (QED) is 0.814. The van der Waals surface area contributed by atoms with E-state index in [0.29, 0.717) is 16.7 Å². The predicted molar refractivity (Wildman–Crippen MR) is 103 cm³/mol. The molecule has 3 rings (SSSR count). The number of piperidine rings is 1. The standard InChI is InChI=1S/C18H24Cl2N2O2.ClH/c19-15-4-3-13(11-16(15)20)12-24-14-5-9-22(10-6-14)17(23)18(21)7-1-2-8-18;/h3-4,11,14H,1-2,5-10,12,21H2;1H. The van der Waals surface area contributed by atoms with E-state index in [2.05, 4.69) is 0 Å². The molecule has 0 spiro atoms. The summed E-state index contributed by atoms with van der Waals surface area (Å²) in [6.07, 6.45) is 5.63. The van der Waals surface area contributed by atoms with Crippen molar-refractivity contribution in [3.8, 4) is 0 Å². The zero-order valence-electron chi connectivity index (χ0n) is 14.2. The number of amides is 1. The van der Waals surface area contributed by atoms with Crippen molar-refractivity contribution in [2.24, 2.45) is 5.73 Å². The van der Waals surface area contributed by atoms with Crippen LogP contribution in [0.1, 0.15) is 44.1 Å². The molecule has 1 aromatic rings. The Hall–Kier alpha value is -0.520. The van der Waals surface area contributed by atoms with Gasteiger partial charge in [0.05, 0.1) is 28.3 Å². The highest BCUT2D eigenvalue weighted by atomic mass is 35.5. The van der Waals surface area contributed by atoms with Gasteiger partial charge in [0.15, 0.2) is 0 Å². The maximum atomic E-state index is 12.6. The van der Waals surface area contributed by atoms with Gasteiger partial charge in [-0.2, -0.15) is 0 Å². The summed E-state index contributed by atoms with van der Waals surface area (Å²) in [5, 5.41) is 1.10. The Bertz CT molecular complexity index is 598. The fourth-order valence-electron chi connectivity index (χ4n) is 3.60. The van der Waals surface area contributed by atoms with Gasteiger partial charge in [0.25, 0.3) is 0 Å². The summed E-state index contributed by atoms with van der Waals surface area (Å²) in [7, 11) is 0. The van der Waals surface area contributed by atoms with Crippen LogP contribution >= 0.6 is 35.6 Å². The average molecular weight is 408 g/mol. The molecule has 1 heterocycles. The summed E-state index contributed by atoms with van der Waals surface area (Å²) in [6.45, 7) is 1.96. The second-order valence-corrected chi connectivity index (χ2v) is 7.73. The van der Waals surface area contributed by atoms with Gasteiger partial charge in [-0.3, -0.25) is 4.79 Å². The minimum Gasteiger partial charge on any atom is -0.373 e. The number of likely N-dealkylation sites (tertiary alicyclic amines) is 1. The van der Waals surface area contributed by atoms with Crippen LogP contribution in [-0.2, 0) is 16.1 Å². The van der Waals surface area contributed by atoms with E-state index < -0.39 is 5.54 Å². The second-order valence-electron chi connectivity index (χ2n) is 6.91. The van der Waals surface area contributed by atoms with Gasteiger partial charge in [-0.25, -0.2) is 0 Å². The van der Waals surface area contributed by atoms with Crippen molar-refractivity contribution in [2.75, 3.05) is 13.1 Å². The molecule has 2 fully saturated rings. The fourth-order valence-corrected chi connectivity index (χ4v) is 3.92. The Kier molecular flexibility index (Phi) is 7.41. The van der Waals surface area contributed by atoms with Crippen LogP contribution in [0, 0.1) is 0 Å². The third kappa shape index (κ3) is 5.01. The van der Waals surface area contributed by atoms with E-state index in [9.17, 15) is 4.79 Å². The van der Waals surface area contributed by atoms with Crippen LogP contribution in [0.5, 0.6) is 0 Å².